The first-order valence-corrected chi connectivity index (χ1v) is 11.4. The molecule has 6 nitrogen and oxygen atoms in total. The predicted octanol–water partition coefficient (Wildman–Crippen LogP) is 5.32. The van der Waals surface area contributed by atoms with Crippen molar-refractivity contribution in [2.75, 3.05) is 25.2 Å². The highest BCUT2D eigenvalue weighted by molar-refractivity contribution is 7.80. The Labute approximate surface area is 204 Å². The highest BCUT2D eigenvalue weighted by Crippen LogP contribution is 2.34. The number of halogens is 1. The normalized spacial score (nSPS) is 15.1. The molecule has 8 heteroatoms. The fourth-order valence-corrected chi connectivity index (χ4v) is 4.07. The van der Waals surface area contributed by atoms with Gasteiger partial charge in [0.05, 0.1) is 19.4 Å². The molecule has 1 heterocycles. The van der Waals surface area contributed by atoms with E-state index in [4.69, 9.17) is 33.3 Å². The van der Waals surface area contributed by atoms with Gasteiger partial charge in [-0.05, 0) is 91.1 Å². The van der Waals surface area contributed by atoms with Crippen molar-refractivity contribution in [2.45, 2.75) is 33.6 Å². The number of aryl methyl sites for hydroxylation is 1. The Kier molecular flexibility index (Phi) is 7.76. The molecule has 0 aromatic heterocycles. The number of amides is 1. The second-order valence-corrected chi connectivity index (χ2v) is 8.73. The number of carbonyl (C=O) groups excluding carboxylic acids is 2. The number of ether oxygens (including phenoxy) is 2. The third-order valence-corrected chi connectivity index (χ3v) is 6.00. The van der Waals surface area contributed by atoms with E-state index < -0.39 is 5.97 Å². The molecule has 0 atom stereocenters. The Morgan fingerprint density at radius 3 is 2.45 bits per heavy atom. The van der Waals surface area contributed by atoms with E-state index in [1.807, 2.05) is 26.0 Å². The van der Waals surface area contributed by atoms with Gasteiger partial charge in [0.25, 0.3) is 5.91 Å². The minimum absolute atomic E-state index is 0.176. The van der Waals surface area contributed by atoms with E-state index in [9.17, 15) is 9.59 Å². The molecule has 0 spiro atoms. The molecule has 1 saturated heterocycles. The summed E-state index contributed by atoms with van der Waals surface area (Å²) in [6.45, 7) is 8.47. The number of thiocarbonyl (C=S) groups is 1. The topological polar surface area (TPSA) is 59.1 Å². The summed E-state index contributed by atoms with van der Waals surface area (Å²) in [6, 6.07) is 10.8. The number of hydrogen-bond acceptors (Lipinski definition) is 5. The lowest BCUT2D eigenvalue weighted by Gasteiger charge is -2.19. The summed E-state index contributed by atoms with van der Waals surface area (Å²) < 4.78 is 10.7. The number of rotatable bonds is 7. The Morgan fingerprint density at radius 1 is 1.21 bits per heavy atom. The zero-order valence-electron chi connectivity index (χ0n) is 19.3. The molecule has 1 aliphatic rings. The summed E-state index contributed by atoms with van der Waals surface area (Å²) in [5.41, 5.74) is 3.69. The maximum absolute atomic E-state index is 13.5. The van der Waals surface area contributed by atoms with E-state index in [0.717, 1.165) is 22.4 Å². The molecule has 0 aliphatic carbocycles. The fraction of sp³-hybridized carbons (Fsp3) is 0.320. The monoisotopic (exact) mass is 486 g/mol. The van der Waals surface area contributed by atoms with Crippen LogP contribution in [0.1, 0.15) is 43.4 Å². The van der Waals surface area contributed by atoms with Crippen LogP contribution in [0.25, 0.3) is 6.08 Å². The van der Waals surface area contributed by atoms with Crippen LogP contribution in [-0.4, -0.2) is 42.2 Å². The smallest absolute Gasteiger partial charge is 0.325 e. The van der Waals surface area contributed by atoms with Gasteiger partial charge < -0.3 is 14.4 Å². The van der Waals surface area contributed by atoms with E-state index in [1.165, 1.54) is 16.9 Å². The highest BCUT2D eigenvalue weighted by atomic mass is 35.5. The molecular formula is C25H27ClN2O4S. The number of benzene rings is 2. The van der Waals surface area contributed by atoms with Crippen LogP contribution in [-0.2, 0) is 14.3 Å². The molecule has 0 N–H and O–H groups in total. The Hall–Kier alpha value is -2.90. The van der Waals surface area contributed by atoms with Crippen molar-refractivity contribution < 1.29 is 19.1 Å². The van der Waals surface area contributed by atoms with Gasteiger partial charge in [0.1, 0.15) is 18.0 Å². The molecule has 1 fully saturated rings. The maximum Gasteiger partial charge on any atom is 0.325 e. The highest BCUT2D eigenvalue weighted by Gasteiger charge is 2.40. The van der Waals surface area contributed by atoms with Gasteiger partial charge >= 0.3 is 5.97 Å². The molecular weight excluding hydrogens is 460 g/mol. The van der Waals surface area contributed by atoms with Crippen molar-refractivity contribution in [1.82, 2.24) is 4.90 Å². The van der Waals surface area contributed by atoms with Gasteiger partial charge in [-0.15, -0.1) is 0 Å². The van der Waals surface area contributed by atoms with Crippen LogP contribution in [0.5, 0.6) is 5.75 Å². The molecule has 1 amide bonds. The van der Waals surface area contributed by atoms with Gasteiger partial charge in [-0.25, -0.2) is 0 Å². The van der Waals surface area contributed by atoms with Crippen LogP contribution >= 0.6 is 23.8 Å². The molecule has 1 aliphatic heterocycles. The first kappa shape index (κ1) is 24.7. The lowest BCUT2D eigenvalue weighted by molar-refractivity contribution is -0.140. The molecule has 3 rings (SSSR count). The molecule has 2 aromatic carbocycles. The number of anilines is 1. The molecule has 0 bridgehead atoms. The second kappa shape index (κ2) is 10.4. The number of nitrogens with zero attached hydrogens (tertiary/aromatic N) is 2. The van der Waals surface area contributed by atoms with E-state index in [0.29, 0.717) is 23.0 Å². The van der Waals surface area contributed by atoms with E-state index in [2.05, 4.69) is 13.8 Å². The second-order valence-electron chi connectivity index (χ2n) is 7.93. The standard InChI is InChI=1S/C25H27ClN2O4S/c1-6-32-22-11-16(4)17(12-20(22)15(2)3)13-21-24(30)28(19-9-7-18(26)8-10-19)25(33)27(21)14-23(29)31-5/h7-13,15H,6,14H2,1-5H3/b21-13-. The predicted molar refractivity (Wildman–Crippen MR) is 135 cm³/mol. The van der Waals surface area contributed by atoms with Crippen molar-refractivity contribution in [3.8, 4) is 5.75 Å². The zero-order chi connectivity index (χ0) is 24.3. The minimum Gasteiger partial charge on any atom is -0.494 e. The van der Waals surface area contributed by atoms with Crippen LogP contribution in [0.15, 0.2) is 42.1 Å². The average Bonchev–Trinajstić information content (AvgIpc) is 2.99. The van der Waals surface area contributed by atoms with Gasteiger partial charge in [-0.3, -0.25) is 14.5 Å². The maximum atomic E-state index is 13.5. The van der Waals surface area contributed by atoms with Crippen LogP contribution in [0.2, 0.25) is 5.02 Å². The third kappa shape index (κ3) is 5.20. The lowest BCUT2D eigenvalue weighted by atomic mass is 9.96. The van der Waals surface area contributed by atoms with Gasteiger partial charge in [-0.1, -0.05) is 25.4 Å². The van der Waals surface area contributed by atoms with Crippen molar-refractivity contribution in [2.24, 2.45) is 0 Å². The lowest BCUT2D eigenvalue weighted by Crippen LogP contribution is -2.35. The third-order valence-electron chi connectivity index (χ3n) is 5.35. The quantitative estimate of drug-likeness (QED) is 0.300. The Morgan fingerprint density at radius 2 is 1.88 bits per heavy atom. The molecule has 0 saturated carbocycles. The number of esters is 1. The van der Waals surface area contributed by atoms with E-state index in [1.54, 1.807) is 30.3 Å². The number of carbonyl (C=O) groups is 2. The average molecular weight is 487 g/mol. The summed E-state index contributed by atoms with van der Waals surface area (Å²) in [7, 11) is 1.30. The zero-order valence-corrected chi connectivity index (χ0v) is 20.9. The van der Waals surface area contributed by atoms with Gasteiger partial charge in [0.15, 0.2) is 5.11 Å². The molecule has 33 heavy (non-hydrogen) atoms. The summed E-state index contributed by atoms with van der Waals surface area (Å²) in [5.74, 6) is 0.224. The van der Waals surface area contributed by atoms with Crippen LogP contribution in [0.4, 0.5) is 5.69 Å². The minimum atomic E-state index is -0.500. The van der Waals surface area contributed by atoms with Crippen molar-refractivity contribution in [3.63, 3.8) is 0 Å². The van der Waals surface area contributed by atoms with Gasteiger partial charge in [-0.2, -0.15) is 0 Å². The molecule has 174 valence electrons. The van der Waals surface area contributed by atoms with E-state index in [-0.39, 0.29) is 23.5 Å². The summed E-state index contributed by atoms with van der Waals surface area (Å²) in [5, 5.41) is 0.747. The van der Waals surface area contributed by atoms with Gasteiger partial charge in [0.2, 0.25) is 0 Å². The van der Waals surface area contributed by atoms with Crippen LogP contribution in [0.3, 0.4) is 0 Å². The summed E-state index contributed by atoms with van der Waals surface area (Å²) in [4.78, 5) is 28.5. The van der Waals surface area contributed by atoms with Crippen molar-refractivity contribution in [3.05, 3.63) is 63.8 Å². The molecule has 0 unspecified atom stereocenters. The SMILES string of the molecule is CCOc1cc(C)c(/C=C2/C(=O)N(c3ccc(Cl)cc3)C(=S)N2CC(=O)OC)cc1C(C)C. The molecule has 2 aromatic rings. The van der Waals surface area contributed by atoms with Crippen LogP contribution < -0.4 is 9.64 Å². The first-order chi connectivity index (χ1) is 15.7. The van der Waals surface area contributed by atoms with Crippen LogP contribution in [0, 0.1) is 6.92 Å². The first-order valence-electron chi connectivity index (χ1n) is 10.6. The Bertz CT molecular complexity index is 1110. The van der Waals surface area contributed by atoms with E-state index >= 15 is 0 Å². The molecule has 0 radical (unpaired) electrons. The summed E-state index contributed by atoms with van der Waals surface area (Å²) >= 11 is 11.6. The number of hydrogen-bond donors (Lipinski definition) is 0. The fourth-order valence-electron chi connectivity index (χ4n) is 3.59. The largest absolute Gasteiger partial charge is 0.494 e. The van der Waals surface area contributed by atoms with Crippen molar-refractivity contribution in [1.29, 1.82) is 0 Å². The number of methoxy groups -OCH3 is 1. The Balaban J connectivity index is 2.12. The van der Waals surface area contributed by atoms with Crippen molar-refractivity contribution >= 4 is 52.6 Å². The summed E-state index contributed by atoms with van der Waals surface area (Å²) in [6.07, 6.45) is 1.77. The van der Waals surface area contributed by atoms with Gasteiger partial charge in [0, 0.05) is 5.02 Å².